The van der Waals surface area contributed by atoms with E-state index in [0.29, 0.717) is 13.0 Å². The quantitative estimate of drug-likeness (QED) is 0.318. The van der Waals surface area contributed by atoms with E-state index in [1.54, 1.807) is 0 Å². The van der Waals surface area contributed by atoms with Crippen LogP contribution in [-0.4, -0.2) is 49.5 Å². The zero-order chi connectivity index (χ0) is 13.7. The van der Waals surface area contributed by atoms with Gasteiger partial charge in [-0.15, -0.1) is 30.4 Å². The third-order valence-corrected chi connectivity index (χ3v) is 3.81. The first-order valence-corrected chi connectivity index (χ1v) is 6.92. The molecule has 1 unspecified atom stereocenters. The molecule has 0 bridgehead atoms. The van der Waals surface area contributed by atoms with E-state index in [0.717, 1.165) is 45.0 Å². The predicted molar refractivity (Wildman–Crippen MR) is 91.1 cm³/mol. The fourth-order valence-corrected chi connectivity index (χ4v) is 2.98. The van der Waals surface area contributed by atoms with Gasteiger partial charge >= 0.3 is 0 Å². The average Bonchev–Trinajstić information content (AvgIpc) is 2.75. The summed E-state index contributed by atoms with van der Waals surface area (Å²) in [6.45, 7) is 5.91. The first kappa shape index (κ1) is 17.1. The number of piperidine rings is 1. The van der Waals surface area contributed by atoms with Gasteiger partial charge in [-0.1, -0.05) is 5.92 Å². The topological polar surface area (TPSA) is 56.7 Å². The molecule has 2 aliphatic heterocycles. The molecule has 0 saturated carbocycles. The summed E-state index contributed by atoms with van der Waals surface area (Å²) in [5.74, 6) is 3.59. The zero-order valence-electron chi connectivity index (χ0n) is 11.9. The predicted octanol–water partition coefficient (Wildman–Crippen LogP) is 0.805. The number of hydrogen-bond acceptors (Lipinski definition) is 2. The van der Waals surface area contributed by atoms with Crippen LogP contribution in [0.2, 0.25) is 0 Å². The molecule has 0 aromatic heterocycles. The van der Waals surface area contributed by atoms with E-state index in [9.17, 15) is 4.79 Å². The van der Waals surface area contributed by atoms with Crippen molar-refractivity contribution in [1.29, 1.82) is 0 Å². The number of rotatable bonds is 2. The Hall–Kier alpha value is -0.970. The second kappa shape index (κ2) is 7.72. The number of terminal acetylenes is 1. The number of carbonyl (C=O) groups is 1. The molecule has 2 N–H and O–H groups in total. The smallest absolute Gasteiger partial charge is 0.220 e. The summed E-state index contributed by atoms with van der Waals surface area (Å²) in [5.41, 5.74) is 0.0850. The average molecular weight is 390 g/mol. The Morgan fingerprint density at radius 1 is 1.65 bits per heavy atom. The van der Waals surface area contributed by atoms with Crippen LogP contribution in [0.4, 0.5) is 0 Å². The van der Waals surface area contributed by atoms with Gasteiger partial charge in [0, 0.05) is 38.0 Å². The molecule has 2 aliphatic rings. The molecule has 112 valence electrons. The van der Waals surface area contributed by atoms with Gasteiger partial charge in [-0.25, -0.2) is 4.99 Å². The second-order valence-electron chi connectivity index (χ2n) is 5.35. The number of aliphatic imine (C=N–C) groups is 1. The van der Waals surface area contributed by atoms with Crippen LogP contribution < -0.4 is 10.6 Å². The van der Waals surface area contributed by atoms with Crippen LogP contribution in [0.25, 0.3) is 0 Å². The van der Waals surface area contributed by atoms with Crippen molar-refractivity contribution in [3.8, 4) is 12.3 Å². The van der Waals surface area contributed by atoms with Crippen LogP contribution in [0.3, 0.4) is 0 Å². The summed E-state index contributed by atoms with van der Waals surface area (Å²) >= 11 is 0. The fourth-order valence-electron chi connectivity index (χ4n) is 2.98. The van der Waals surface area contributed by atoms with Crippen LogP contribution in [0.5, 0.6) is 0 Å². The summed E-state index contributed by atoms with van der Waals surface area (Å²) < 4.78 is 0. The normalized spacial score (nSPS) is 25.9. The molecule has 1 atom stereocenters. The number of amides is 1. The number of nitrogens with one attached hydrogen (secondary N) is 2. The van der Waals surface area contributed by atoms with Gasteiger partial charge in [-0.3, -0.25) is 4.79 Å². The fraction of sp³-hybridized carbons (Fsp3) is 0.714. The molecule has 1 amide bonds. The summed E-state index contributed by atoms with van der Waals surface area (Å²) in [6.07, 6.45) is 8.12. The molecular formula is C14H23IN4O. The van der Waals surface area contributed by atoms with Gasteiger partial charge in [0.15, 0.2) is 5.96 Å². The summed E-state index contributed by atoms with van der Waals surface area (Å²) in [5, 5.41) is 6.24. The Kier molecular flexibility index (Phi) is 6.59. The van der Waals surface area contributed by atoms with Crippen molar-refractivity contribution in [2.24, 2.45) is 10.4 Å². The lowest BCUT2D eigenvalue weighted by Crippen LogP contribution is -2.51. The van der Waals surface area contributed by atoms with Gasteiger partial charge < -0.3 is 15.5 Å². The van der Waals surface area contributed by atoms with Crippen molar-refractivity contribution in [3.05, 3.63) is 0 Å². The van der Waals surface area contributed by atoms with E-state index < -0.39 is 0 Å². The van der Waals surface area contributed by atoms with Crippen LogP contribution in [0, 0.1) is 17.8 Å². The van der Waals surface area contributed by atoms with Gasteiger partial charge in [-0.05, 0) is 19.8 Å². The first-order chi connectivity index (χ1) is 9.19. The number of halogens is 1. The van der Waals surface area contributed by atoms with Crippen molar-refractivity contribution in [2.75, 3.05) is 32.7 Å². The van der Waals surface area contributed by atoms with E-state index in [2.05, 4.69) is 26.4 Å². The monoisotopic (exact) mass is 390 g/mol. The summed E-state index contributed by atoms with van der Waals surface area (Å²) in [6, 6.07) is 0. The van der Waals surface area contributed by atoms with Crippen molar-refractivity contribution >= 4 is 35.8 Å². The van der Waals surface area contributed by atoms with Gasteiger partial charge in [0.2, 0.25) is 5.91 Å². The summed E-state index contributed by atoms with van der Waals surface area (Å²) in [7, 11) is 0. The largest absolute Gasteiger partial charge is 0.356 e. The van der Waals surface area contributed by atoms with Crippen molar-refractivity contribution in [2.45, 2.75) is 26.2 Å². The molecule has 6 heteroatoms. The lowest BCUT2D eigenvalue weighted by Gasteiger charge is -2.40. The highest BCUT2D eigenvalue weighted by Gasteiger charge is 2.42. The van der Waals surface area contributed by atoms with Crippen molar-refractivity contribution < 1.29 is 4.79 Å². The molecule has 0 aromatic rings. The van der Waals surface area contributed by atoms with E-state index in [4.69, 9.17) is 6.42 Å². The second-order valence-corrected chi connectivity index (χ2v) is 5.35. The molecule has 20 heavy (non-hydrogen) atoms. The number of guanidine groups is 1. The standard InChI is InChI=1S/C14H22N4O.HI/c1-3-7-16-13(15-4-2)18-8-5-6-14(11-18)9-12(19)17-10-14;/h1H,4-11H2,2H3,(H,15,16)(H,17,19);1H. The number of nitrogens with zero attached hydrogens (tertiary/aromatic N) is 2. The molecule has 0 radical (unpaired) electrons. The minimum Gasteiger partial charge on any atom is -0.356 e. The molecule has 5 nitrogen and oxygen atoms in total. The van der Waals surface area contributed by atoms with E-state index >= 15 is 0 Å². The molecule has 2 rings (SSSR count). The van der Waals surface area contributed by atoms with Gasteiger partial charge in [0.05, 0.1) is 0 Å². The third kappa shape index (κ3) is 4.01. The number of hydrogen-bond donors (Lipinski definition) is 2. The first-order valence-electron chi connectivity index (χ1n) is 6.92. The molecule has 0 aliphatic carbocycles. The Bertz CT molecular complexity index is 418. The minimum absolute atomic E-state index is 0. The Labute approximate surface area is 138 Å². The number of likely N-dealkylation sites (tertiary alicyclic amines) is 1. The highest BCUT2D eigenvalue weighted by atomic mass is 127. The van der Waals surface area contributed by atoms with E-state index in [1.165, 1.54) is 0 Å². The SMILES string of the molecule is C#CCN=C(NCC)N1CCCC2(CNC(=O)C2)C1.I. The molecule has 2 fully saturated rings. The van der Waals surface area contributed by atoms with Crippen LogP contribution in [0.15, 0.2) is 4.99 Å². The van der Waals surface area contributed by atoms with E-state index in [-0.39, 0.29) is 35.3 Å². The maximum absolute atomic E-state index is 11.5. The zero-order valence-corrected chi connectivity index (χ0v) is 14.3. The molecular weight excluding hydrogens is 367 g/mol. The maximum Gasteiger partial charge on any atom is 0.220 e. The highest BCUT2D eigenvalue weighted by molar-refractivity contribution is 14.0. The van der Waals surface area contributed by atoms with Crippen molar-refractivity contribution in [1.82, 2.24) is 15.5 Å². The lowest BCUT2D eigenvalue weighted by molar-refractivity contribution is -0.119. The number of carbonyl (C=O) groups excluding carboxylic acids is 1. The third-order valence-electron chi connectivity index (χ3n) is 3.81. The van der Waals surface area contributed by atoms with Gasteiger partial charge in [0.1, 0.15) is 6.54 Å². The lowest BCUT2D eigenvalue weighted by atomic mass is 9.79. The molecule has 2 saturated heterocycles. The van der Waals surface area contributed by atoms with Crippen LogP contribution in [0.1, 0.15) is 26.2 Å². The Morgan fingerprint density at radius 3 is 3.05 bits per heavy atom. The van der Waals surface area contributed by atoms with Crippen LogP contribution in [-0.2, 0) is 4.79 Å². The van der Waals surface area contributed by atoms with Crippen LogP contribution >= 0.6 is 24.0 Å². The van der Waals surface area contributed by atoms with Crippen molar-refractivity contribution in [3.63, 3.8) is 0 Å². The Morgan fingerprint density at radius 2 is 2.45 bits per heavy atom. The highest BCUT2D eigenvalue weighted by Crippen LogP contribution is 2.35. The molecule has 2 heterocycles. The summed E-state index contributed by atoms with van der Waals surface area (Å²) in [4.78, 5) is 18.1. The maximum atomic E-state index is 11.5. The van der Waals surface area contributed by atoms with Gasteiger partial charge in [-0.2, -0.15) is 0 Å². The van der Waals surface area contributed by atoms with E-state index in [1.807, 2.05) is 6.92 Å². The molecule has 0 aromatic carbocycles. The Balaban J connectivity index is 0.00000200. The van der Waals surface area contributed by atoms with Gasteiger partial charge in [0.25, 0.3) is 0 Å². The molecule has 1 spiro atoms. The minimum atomic E-state index is 0.